The normalized spacial score (nSPS) is 21.4. The van der Waals surface area contributed by atoms with Crippen LogP contribution < -0.4 is 10.1 Å². The van der Waals surface area contributed by atoms with Crippen molar-refractivity contribution >= 4 is 15.9 Å². The molecule has 2 heterocycles. The highest BCUT2D eigenvalue weighted by Crippen LogP contribution is 2.42. The van der Waals surface area contributed by atoms with Crippen LogP contribution >= 0.6 is 15.9 Å². The van der Waals surface area contributed by atoms with Crippen molar-refractivity contribution in [2.24, 2.45) is 7.05 Å². The second-order valence-corrected chi connectivity index (χ2v) is 6.12. The monoisotopic (exact) mass is 335 g/mol. The zero-order chi connectivity index (χ0) is 14.3. The number of ether oxygens (including phenoxy) is 1. The van der Waals surface area contributed by atoms with Gasteiger partial charge in [-0.15, -0.1) is 0 Å². The predicted molar refractivity (Wildman–Crippen MR) is 81.9 cm³/mol. The number of fused-ring (bicyclic) bond motifs is 1. The minimum Gasteiger partial charge on any atom is -0.485 e. The third-order valence-corrected chi connectivity index (χ3v) is 4.31. The smallest absolute Gasteiger partial charge is 0.129 e. The van der Waals surface area contributed by atoms with Crippen LogP contribution in [0.1, 0.15) is 35.4 Å². The van der Waals surface area contributed by atoms with Gasteiger partial charge in [0.1, 0.15) is 11.9 Å². The van der Waals surface area contributed by atoms with E-state index in [1.165, 1.54) is 11.1 Å². The zero-order valence-electron chi connectivity index (χ0n) is 11.9. The van der Waals surface area contributed by atoms with E-state index in [0.29, 0.717) is 6.04 Å². The van der Waals surface area contributed by atoms with Gasteiger partial charge in [-0.2, -0.15) is 5.10 Å². The molecule has 20 heavy (non-hydrogen) atoms. The topological polar surface area (TPSA) is 39.1 Å². The van der Waals surface area contributed by atoms with Crippen LogP contribution in [-0.4, -0.2) is 16.8 Å². The number of aryl methyl sites for hydroxylation is 2. The summed E-state index contributed by atoms with van der Waals surface area (Å²) in [6.07, 6.45) is 3.01. The van der Waals surface area contributed by atoms with Gasteiger partial charge in [-0.3, -0.25) is 4.68 Å². The van der Waals surface area contributed by atoms with E-state index in [0.717, 1.165) is 22.3 Å². The summed E-state index contributed by atoms with van der Waals surface area (Å²) >= 11 is 3.51. The second kappa shape index (κ2) is 5.22. The number of rotatable bonds is 2. The lowest BCUT2D eigenvalue weighted by Gasteiger charge is -2.32. The molecule has 4 nitrogen and oxygen atoms in total. The first kappa shape index (κ1) is 13.6. The van der Waals surface area contributed by atoms with Crippen LogP contribution in [0.15, 0.2) is 28.9 Å². The fourth-order valence-corrected chi connectivity index (χ4v) is 3.18. The van der Waals surface area contributed by atoms with Gasteiger partial charge in [0.05, 0.1) is 5.69 Å². The number of hydrogen-bond donors (Lipinski definition) is 1. The molecule has 1 aliphatic rings. The molecular weight excluding hydrogens is 318 g/mol. The van der Waals surface area contributed by atoms with Crippen LogP contribution in [0, 0.1) is 6.92 Å². The lowest BCUT2D eigenvalue weighted by atomic mass is 9.93. The highest BCUT2D eigenvalue weighted by atomic mass is 79.9. The average molecular weight is 336 g/mol. The largest absolute Gasteiger partial charge is 0.485 e. The maximum absolute atomic E-state index is 6.20. The van der Waals surface area contributed by atoms with Crippen molar-refractivity contribution in [2.75, 3.05) is 7.05 Å². The highest BCUT2D eigenvalue weighted by molar-refractivity contribution is 9.10. The van der Waals surface area contributed by atoms with Crippen LogP contribution in [0.5, 0.6) is 5.75 Å². The Morgan fingerprint density at radius 3 is 2.85 bits per heavy atom. The van der Waals surface area contributed by atoms with Crippen LogP contribution in [0.4, 0.5) is 0 Å². The van der Waals surface area contributed by atoms with Gasteiger partial charge in [0.25, 0.3) is 0 Å². The second-order valence-electron chi connectivity index (χ2n) is 5.21. The molecule has 1 N–H and O–H groups in total. The number of halogens is 1. The molecule has 0 radical (unpaired) electrons. The lowest BCUT2D eigenvalue weighted by molar-refractivity contribution is 0.153. The summed E-state index contributed by atoms with van der Waals surface area (Å²) in [5, 5.41) is 7.80. The fraction of sp³-hybridized carbons (Fsp3) is 0.400. The molecule has 0 saturated carbocycles. The van der Waals surface area contributed by atoms with Crippen molar-refractivity contribution in [3.8, 4) is 5.75 Å². The number of aromatic nitrogens is 2. The van der Waals surface area contributed by atoms with Crippen molar-refractivity contribution in [2.45, 2.75) is 25.5 Å². The van der Waals surface area contributed by atoms with Crippen LogP contribution in [0.25, 0.3) is 0 Å². The van der Waals surface area contributed by atoms with Crippen LogP contribution in [0.3, 0.4) is 0 Å². The standard InChI is InChI=1S/C15H18BrN3O/c1-9-12(8-19(3)18-9)15-7-13(17-2)11-5-4-10(16)6-14(11)20-15/h4-6,8,13,15,17H,7H2,1-3H3. The molecule has 5 heteroatoms. The van der Waals surface area contributed by atoms with Gasteiger partial charge in [0.15, 0.2) is 0 Å². The van der Waals surface area contributed by atoms with Crippen molar-refractivity contribution in [1.82, 2.24) is 15.1 Å². The average Bonchev–Trinajstić information content (AvgIpc) is 2.76. The number of nitrogens with one attached hydrogen (secondary N) is 1. The zero-order valence-corrected chi connectivity index (χ0v) is 13.4. The Kier molecular flexibility index (Phi) is 3.56. The molecule has 0 fully saturated rings. The Balaban J connectivity index is 1.99. The summed E-state index contributed by atoms with van der Waals surface area (Å²) in [4.78, 5) is 0. The minimum atomic E-state index is 0.0444. The van der Waals surface area contributed by atoms with Gasteiger partial charge < -0.3 is 10.1 Å². The lowest BCUT2D eigenvalue weighted by Crippen LogP contribution is -2.26. The highest BCUT2D eigenvalue weighted by Gasteiger charge is 2.30. The van der Waals surface area contributed by atoms with Gasteiger partial charge in [0.2, 0.25) is 0 Å². The summed E-state index contributed by atoms with van der Waals surface area (Å²) in [7, 11) is 3.94. The van der Waals surface area contributed by atoms with E-state index >= 15 is 0 Å². The Hall–Kier alpha value is -1.33. The minimum absolute atomic E-state index is 0.0444. The van der Waals surface area contributed by atoms with E-state index in [9.17, 15) is 0 Å². The molecule has 2 aromatic rings. The summed E-state index contributed by atoms with van der Waals surface area (Å²) in [5.74, 6) is 0.943. The third-order valence-electron chi connectivity index (χ3n) is 3.82. The molecule has 2 unspecified atom stereocenters. The molecule has 1 aromatic heterocycles. The maximum atomic E-state index is 6.20. The summed E-state index contributed by atoms with van der Waals surface area (Å²) in [6, 6.07) is 6.52. The Morgan fingerprint density at radius 1 is 1.40 bits per heavy atom. The first-order chi connectivity index (χ1) is 9.58. The molecule has 0 amide bonds. The molecule has 106 valence electrons. The van der Waals surface area contributed by atoms with Crippen molar-refractivity contribution in [1.29, 1.82) is 0 Å². The van der Waals surface area contributed by atoms with Crippen molar-refractivity contribution < 1.29 is 4.74 Å². The van der Waals surface area contributed by atoms with Gasteiger partial charge in [-0.05, 0) is 26.1 Å². The van der Waals surface area contributed by atoms with Crippen LogP contribution in [-0.2, 0) is 7.05 Å². The Labute approximate surface area is 127 Å². The van der Waals surface area contributed by atoms with Crippen molar-refractivity contribution in [3.63, 3.8) is 0 Å². The SMILES string of the molecule is CNC1CC(c2cn(C)nc2C)Oc2cc(Br)ccc21. The molecule has 2 atom stereocenters. The van der Waals surface area contributed by atoms with E-state index in [1.807, 2.05) is 31.8 Å². The molecule has 1 aliphatic heterocycles. The molecule has 0 saturated heterocycles. The quantitative estimate of drug-likeness (QED) is 0.915. The molecular formula is C15H18BrN3O. The van der Waals surface area contributed by atoms with E-state index in [1.54, 1.807) is 0 Å². The molecule has 0 spiro atoms. The summed E-state index contributed by atoms with van der Waals surface area (Å²) in [5.41, 5.74) is 3.41. The predicted octanol–water partition coefficient (Wildman–Crippen LogP) is 3.28. The van der Waals surface area contributed by atoms with E-state index in [-0.39, 0.29) is 6.10 Å². The summed E-state index contributed by atoms with van der Waals surface area (Å²) in [6.45, 7) is 2.03. The maximum Gasteiger partial charge on any atom is 0.129 e. The van der Waals surface area contributed by atoms with E-state index in [4.69, 9.17) is 4.74 Å². The van der Waals surface area contributed by atoms with Gasteiger partial charge in [0, 0.05) is 41.3 Å². The Morgan fingerprint density at radius 2 is 2.20 bits per heavy atom. The third kappa shape index (κ3) is 2.36. The molecule has 3 rings (SSSR count). The molecule has 0 aliphatic carbocycles. The first-order valence-electron chi connectivity index (χ1n) is 6.72. The van der Waals surface area contributed by atoms with Gasteiger partial charge in [-0.1, -0.05) is 22.0 Å². The number of hydrogen-bond acceptors (Lipinski definition) is 3. The molecule has 1 aromatic carbocycles. The van der Waals surface area contributed by atoms with Crippen molar-refractivity contribution in [3.05, 3.63) is 45.7 Å². The summed E-state index contributed by atoms with van der Waals surface area (Å²) < 4.78 is 9.08. The number of nitrogens with zero attached hydrogens (tertiary/aromatic N) is 2. The Bertz CT molecular complexity index is 638. The van der Waals surface area contributed by atoms with E-state index in [2.05, 4.69) is 44.7 Å². The fourth-order valence-electron chi connectivity index (χ4n) is 2.84. The first-order valence-corrected chi connectivity index (χ1v) is 7.51. The number of benzene rings is 1. The van der Waals surface area contributed by atoms with Gasteiger partial charge >= 0.3 is 0 Å². The molecule has 0 bridgehead atoms. The van der Waals surface area contributed by atoms with E-state index < -0.39 is 0 Å². The van der Waals surface area contributed by atoms with Crippen LogP contribution in [0.2, 0.25) is 0 Å². The van der Waals surface area contributed by atoms with Gasteiger partial charge in [-0.25, -0.2) is 0 Å².